The monoisotopic (exact) mass is 233 g/mol. The summed E-state index contributed by atoms with van der Waals surface area (Å²) in [5, 5.41) is 8.83. The van der Waals surface area contributed by atoms with E-state index in [1.54, 1.807) is 0 Å². The molecule has 1 N–H and O–H groups in total. The number of rotatable bonds is 6. The van der Waals surface area contributed by atoms with Crippen molar-refractivity contribution in [2.75, 3.05) is 20.2 Å². The van der Waals surface area contributed by atoms with Gasteiger partial charge in [-0.05, 0) is 20.0 Å². The summed E-state index contributed by atoms with van der Waals surface area (Å²) in [7, 11) is 1.92. The van der Waals surface area contributed by atoms with E-state index in [1.807, 2.05) is 23.9 Å². The molecule has 0 amide bonds. The van der Waals surface area contributed by atoms with Gasteiger partial charge in [-0.15, -0.1) is 0 Å². The van der Waals surface area contributed by atoms with E-state index < -0.39 is 0 Å². The van der Waals surface area contributed by atoms with Crippen molar-refractivity contribution >= 4 is 10.9 Å². The molecule has 1 heterocycles. The van der Waals surface area contributed by atoms with E-state index in [0.29, 0.717) is 13.2 Å². The van der Waals surface area contributed by atoms with Crippen molar-refractivity contribution in [3.05, 3.63) is 30.0 Å². The Morgan fingerprint density at radius 2 is 2.18 bits per heavy atom. The van der Waals surface area contributed by atoms with E-state index in [0.717, 1.165) is 18.8 Å². The molecule has 0 aliphatic heterocycles. The predicted molar refractivity (Wildman–Crippen MR) is 69.0 cm³/mol. The Balaban J connectivity index is 2.16. The standard InChI is InChI=1S/C13H19N3O/c1-3-16-13-7-5-4-6-11(13)12(15-16)10-17-9-8-14-2/h4-7,14H,3,8-10H2,1-2H3. The minimum Gasteiger partial charge on any atom is -0.374 e. The highest BCUT2D eigenvalue weighted by Crippen LogP contribution is 2.18. The van der Waals surface area contributed by atoms with Gasteiger partial charge in [-0.2, -0.15) is 5.10 Å². The van der Waals surface area contributed by atoms with Gasteiger partial charge in [-0.25, -0.2) is 0 Å². The summed E-state index contributed by atoms with van der Waals surface area (Å²) in [5.74, 6) is 0. The molecule has 4 nitrogen and oxygen atoms in total. The summed E-state index contributed by atoms with van der Waals surface area (Å²) in [6, 6.07) is 8.29. The third-order valence-corrected chi connectivity index (χ3v) is 2.77. The number of ether oxygens (including phenoxy) is 1. The Hall–Kier alpha value is -1.39. The topological polar surface area (TPSA) is 39.1 Å². The summed E-state index contributed by atoms with van der Waals surface area (Å²) in [6.07, 6.45) is 0. The molecule has 1 aromatic heterocycles. The zero-order chi connectivity index (χ0) is 12.1. The van der Waals surface area contributed by atoms with E-state index in [4.69, 9.17) is 4.74 Å². The van der Waals surface area contributed by atoms with Crippen LogP contribution in [-0.2, 0) is 17.9 Å². The number of aromatic nitrogens is 2. The lowest BCUT2D eigenvalue weighted by Crippen LogP contribution is -2.14. The van der Waals surface area contributed by atoms with E-state index in [2.05, 4.69) is 29.5 Å². The number of para-hydroxylation sites is 1. The third kappa shape index (κ3) is 2.65. The second kappa shape index (κ2) is 5.80. The van der Waals surface area contributed by atoms with Crippen molar-refractivity contribution in [1.82, 2.24) is 15.1 Å². The number of aryl methyl sites for hydroxylation is 1. The normalized spacial score (nSPS) is 11.2. The van der Waals surface area contributed by atoms with E-state index in [-0.39, 0.29) is 0 Å². The summed E-state index contributed by atoms with van der Waals surface area (Å²) in [4.78, 5) is 0. The fraction of sp³-hybridized carbons (Fsp3) is 0.462. The highest BCUT2D eigenvalue weighted by molar-refractivity contribution is 5.81. The molecule has 0 fully saturated rings. The molecule has 0 saturated carbocycles. The summed E-state index contributed by atoms with van der Waals surface area (Å²) in [5.41, 5.74) is 2.21. The number of likely N-dealkylation sites (N-methyl/N-ethyl adjacent to an activating group) is 1. The zero-order valence-electron chi connectivity index (χ0n) is 10.4. The predicted octanol–water partition coefficient (Wildman–Crippen LogP) is 1.79. The van der Waals surface area contributed by atoms with Crippen LogP contribution in [0.5, 0.6) is 0 Å². The molecule has 0 aliphatic rings. The van der Waals surface area contributed by atoms with Gasteiger partial charge in [0.05, 0.1) is 24.4 Å². The fourth-order valence-corrected chi connectivity index (χ4v) is 1.89. The van der Waals surface area contributed by atoms with Crippen LogP contribution >= 0.6 is 0 Å². The summed E-state index contributed by atoms with van der Waals surface area (Å²) < 4.78 is 7.61. The molecule has 92 valence electrons. The van der Waals surface area contributed by atoms with Gasteiger partial charge >= 0.3 is 0 Å². The quantitative estimate of drug-likeness (QED) is 0.773. The van der Waals surface area contributed by atoms with Crippen LogP contribution in [0.4, 0.5) is 0 Å². The smallest absolute Gasteiger partial charge is 0.0960 e. The molecule has 17 heavy (non-hydrogen) atoms. The van der Waals surface area contributed by atoms with E-state index >= 15 is 0 Å². The first-order chi connectivity index (χ1) is 8.36. The maximum absolute atomic E-state index is 5.59. The molecular weight excluding hydrogens is 214 g/mol. The van der Waals surface area contributed by atoms with Crippen molar-refractivity contribution in [2.24, 2.45) is 0 Å². The molecule has 0 bridgehead atoms. The van der Waals surface area contributed by atoms with Crippen molar-refractivity contribution in [1.29, 1.82) is 0 Å². The first-order valence-electron chi connectivity index (χ1n) is 6.03. The highest BCUT2D eigenvalue weighted by Gasteiger charge is 2.08. The molecular formula is C13H19N3O. The van der Waals surface area contributed by atoms with Gasteiger partial charge in [0.2, 0.25) is 0 Å². The van der Waals surface area contributed by atoms with Gasteiger partial charge in [0.15, 0.2) is 0 Å². The molecule has 0 radical (unpaired) electrons. The van der Waals surface area contributed by atoms with Crippen molar-refractivity contribution < 1.29 is 4.74 Å². The number of benzene rings is 1. The highest BCUT2D eigenvalue weighted by atomic mass is 16.5. The molecule has 2 rings (SSSR count). The minimum absolute atomic E-state index is 0.579. The number of hydrogen-bond acceptors (Lipinski definition) is 3. The van der Waals surface area contributed by atoms with Crippen LogP contribution in [0.3, 0.4) is 0 Å². The van der Waals surface area contributed by atoms with Crippen LogP contribution in [0.1, 0.15) is 12.6 Å². The SMILES string of the molecule is CCn1nc(COCCNC)c2ccccc21. The van der Waals surface area contributed by atoms with Gasteiger partial charge in [0, 0.05) is 18.5 Å². The van der Waals surface area contributed by atoms with Gasteiger partial charge < -0.3 is 10.1 Å². The second-order valence-corrected chi connectivity index (χ2v) is 3.94. The van der Waals surface area contributed by atoms with E-state index in [9.17, 15) is 0 Å². The van der Waals surface area contributed by atoms with Gasteiger partial charge in [0.1, 0.15) is 0 Å². The minimum atomic E-state index is 0.579. The molecule has 0 atom stereocenters. The number of hydrogen-bond donors (Lipinski definition) is 1. The van der Waals surface area contributed by atoms with Crippen LogP contribution in [0.15, 0.2) is 24.3 Å². The summed E-state index contributed by atoms with van der Waals surface area (Å²) >= 11 is 0. The molecule has 4 heteroatoms. The van der Waals surface area contributed by atoms with Gasteiger partial charge in [-0.3, -0.25) is 4.68 Å². The Morgan fingerprint density at radius 1 is 1.35 bits per heavy atom. The molecule has 0 unspecified atom stereocenters. The number of fused-ring (bicyclic) bond motifs is 1. The fourth-order valence-electron chi connectivity index (χ4n) is 1.89. The number of nitrogens with one attached hydrogen (secondary N) is 1. The molecule has 0 saturated heterocycles. The van der Waals surface area contributed by atoms with E-state index in [1.165, 1.54) is 10.9 Å². The van der Waals surface area contributed by atoms with Crippen molar-refractivity contribution in [3.63, 3.8) is 0 Å². The van der Waals surface area contributed by atoms with Gasteiger partial charge in [-0.1, -0.05) is 18.2 Å². The van der Waals surface area contributed by atoms with Crippen molar-refractivity contribution in [3.8, 4) is 0 Å². The van der Waals surface area contributed by atoms with Crippen LogP contribution in [0, 0.1) is 0 Å². The maximum atomic E-state index is 5.59. The van der Waals surface area contributed by atoms with Gasteiger partial charge in [0.25, 0.3) is 0 Å². The third-order valence-electron chi connectivity index (χ3n) is 2.77. The van der Waals surface area contributed by atoms with Crippen LogP contribution < -0.4 is 5.32 Å². The van der Waals surface area contributed by atoms with Crippen LogP contribution in [0.25, 0.3) is 10.9 Å². The van der Waals surface area contributed by atoms with Crippen LogP contribution in [-0.4, -0.2) is 30.0 Å². The number of nitrogens with zero attached hydrogens (tertiary/aromatic N) is 2. The molecule has 1 aromatic carbocycles. The lowest BCUT2D eigenvalue weighted by molar-refractivity contribution is 0.121. The average Bonchev–Trinajstić information content (AvgIpc) is 2.73. The molecule has 0 spiro atoms. The first kappa shape index (κ1) is 12.1. The van der Waals surface area contributed by atoms with Crippen LogP contribution in [0.2, 0.25) is 0 Å². The Kier molecular flexibility index (Phi) is 4.12. The second-order valence-electron chi connectivity index (χ2n) is 3.94. The first-order valence-corrected chi connectivity index (χ1v) is 6.03. The Morgan fingerprint density at radius 3 is 2.94 bits per heavy atom. The molecule has 2 aromatic rings. The lowest BCUT2D eigenvalue weighted by atomic mass is 10.2. The zero-order valence-corrected chi connectivity index (χ0v) is 10.4. The molecule has 0 aliphatic carbocycles. The van der Waals surface area contributed by atoms with Crippen molar-refractivity contribution in [2.45, 2.75) is 20.1 Å². The Labute approximate surface area is 102 Å². The maximum Gasteiger partial charge on any atom is 0.0960 e. The Bertz CT molecular complexity index is 478. The lowest BCUT2D eigenvalue weighted by Gasteiger charge is -2.01. The average molecular weight is 233 g/mol. The largest absolute Gasteiger partial charge is 0.374 e. The summed E-state index contributed by atoms with van der Waals surface area (Å²) in [6.45, 7) is 5.15.